The predicted octanol–water partition coefficient (Wildman–Crippen LogP) is 5.46. The van der Waals surface area contributed by atoms with Crippen LogP contribution in [0.4, 0.5) is 5.13 Å². The quantitative estimate of drug-likeness (QED) is 0.134. The van der Waals surface area contributed by atoms with E-state index in [0.29, 0.717) is 60.0 Å². The lowest BCUT2D eigenvalue weighted by molar-refractivity contribution is -0.132. The van der Waals surface area contributed by atoms with Gasteiger partial charge in [-0.2, -0.15) is 0 Å². The summed E-state index contributed by atoms with van der Waals surface area (Å²) in [4.78, 5) is 45.9. The minimum atomic E-state index is -1.11. The maximum absolute atomic E-state index is 13.7. The van der Waals surface area contributed by atoms with E-state index >= 15 is 0 Å². The number of aromatic nitrogens is 1. The van der Waals surface area contributed by atoms with Gasteiger partial charge in [-0.1, -0.05) is 31.3 Å². The zero-order chi connectivity index (χ0) is 31.5. The number of methoxy groups -OCH3 is 1. The molecular formula is C32H34N2O9S. The average Bonchev–Trinajstić information content (AvgIpc) is 3.52. The number of nitrogens with zero attached hydrogens (tertiary/aromatic N) is 2. The number of aryl methyl sites for hydroxylation is 1. The second-order valence-electron chi connectivity index (χ2n) is 10.6. The van der Waals surface area contributed by atoms with E-state index in [1.807, 2.05) is 0 Å². The fraction of sp³-hybridized carbons (Fsp3) is 0.375. The summed E-state index contributed by atoms with van der Waals surface area (Å²) in [5, 5.41) is 11.7. The SMILES string of the molecule is CCOC(=O)c1sc(N2C(=O)C(=O)C(=C(O)c3ccc4c(c3)OCCO4)C2c2ccc(OCCC(C)C)c(OC)c2)nc1C. The van der Waals surface area contributed by atoms with Crippen molar-refractivity contribution in [2.75, 3.05) is 38.4 Å². The fourth-order valence-electron chi connectivity index (χ4n) is 4.94. The van der Waals surface area contributed by atoms with Crippen molar-refractivity contribution >= 4 is 39.9 Å². The molecule has 1 unspecified atom stereocenters. The lowest BCUT2D eigenvalue weighted by Gasteiger charge is -2.24. The molecule has 2 aliphatic heterocycles. The van der Waals surface area contributed by atoms with Crippen LogP contribution >= 0.6 is 11.3 Å². The standard InChI is InChI=1S/C32H34N2O9S/c1-6-40-31(38)29-18(4)33-32(44-29)34-26(19-7-9-21(23(15-19)39-5)41-12-11-17(2)3)25(28(36)30(34)37)27(35)20-8-10-22-24(16-20)43-14-13-42-22/h7-10,15-17,26,35H,6,11-14H2,1-5H3. The molecular weight excluding hydrogens is 588 g/mol. The monoisotopic (exact) mass is 622 g/mol. The molecule has 3 heterocycles. The molecule has 2 aromatic carbocycles. The van der Waals surface area contributed by atoms with Gasteiger partial charge in [0.05, 0.1) is 37.6 Å². The summed E-state index contributed by atoms with van der Waals surface area (Å²) in [6.45, 7) is 8.88. The summed E-state index contributed by atoms with van der Waals surface area (Å²) in [6.07, 6.45) is 0.840. The number of carbonyl (C=O) groups is 3. The number of ether oxygens (including phenoxy) is 5. The van der Waals surface area contributed by atoms with E-state index < -0.39 is 29.5 Å². The van der Waals surface area contributed by atoms with Crippen LogP contribution in [0.1, 0.15) is 59.7 Å². The third-order valence-electron chi connectivity index (χ3n) is 7.17. The number of ketones is 1. The van der Waals surface area contributed by atoms with Gasteiger partial charge >= 0.3 is 11.9 Å². The number of thiazole rings is 1. The third kappa shape index (κ3) is 5.94. The zero-order valence-electron chi connectivity index (χ0n) is 25.2. The van der Waals surface area contributed by atoms with Gasteiger partial charge in [0, 0.05) is 5.56 Å². The van der Waals surface area contributed by atoms with E-state index in [0.717, 1.165) is 17.8 Å². The number of hydrogen-bond acceptors (Lipinski definition) is 11. The van der Waals surface area contributed by atoms with Crippen molar-refractivity contribution in [3.63, 3.8) is 0 Å². The van der Waals surface area contributed by atoms with Gasteiger partial charge in [0.15, 0.2) is 28.1 Å². The van der Waals surface area contributed by atoms with Crippen LogP contribution in [0.25, 0.3) is 5.76 Å². The van der Waals surface area contributed by atoms with Gasteiger partial charge in [-0.15, -0.1) is 0 Å². The normalized spacial score (nSPS) is 17.2. The highest BCUT2D eigenvalue weighted by molar-refractivity contribution is 7.17. The lowest BCUT2D eigenvalue weighted by Crippen LogP contribution is -2.29. The van der Waals surface area contributed by atoms with Crippen LogP contribution < -0.4 is 23.8 Å². The molecule has 0 bridgehead atoms. The summed E-state index contributed by atoms with van der Waals surface area (Å²) < 4.78 is 28.0. The van der Waals surface area contributed by atoms with Gasteiger partial charge in [0.25, 0.3) is 5.78 Å². The molecule has 1 aromatic heterocycles. The molecule has 1 fully saturated rings. The minimum Gasteiger partial charge on any atom is -0.507 e. The first-order valence-electron chi connectivity index (χ1n) is 14.3. The topological polar surface area (TPSA) is 134 Å². The predicted molar refractivity (Wildman–Crippen MR) is 163 cm³/mol. The van der Waals surface area contributed by atoms with Crippen LogP contribution in [-0.2, 0) is 14.3 Å². The summed E-state index contributed by atoms with van der Waals surface area (Å²) >= 11 is 0.935. The highest BCUT2D eigenvalue weighted by Gasteiger charge is 2.48. The van der Waals surface area contributed by atoms with E-state index in [1.54, 1.807) is 50.2 Å². The number of aliphatic hydroxyl groups is 1. The molecule has 1 amide bonds. The van der Waals surface area contributed by atoms with E-state index in [9.17, 15) is 19.5 Å². The van der Waals surface area contributed by atoms with Gasteiger partial charge in [0.2, 0.25) is 0 Å². The van der Waals surface area contributed by atoms with E-state index in [1.165, 1.54) is 12.0 Å². The maximum atomic E-state index is 13.7. The van der Waals surface area contributed by atoms with Gasteiger partial charge < -0.3 is 28.8 Å². The molecule has 0 aliphatic carbocycles. The van der Waals surface area contributed by atoms with Crippen LogP contribution in [0, 0.1) is 12.8 Å². The molecule has 0 spiro atoms. The maximum Gasteiger partial charge on any atom is 0.350 e. The molecule has 0 saturated carbocycles. The third-order valence-corrected chi connectivity index (χ3v) is 8.31. The van der Waals surface area contributed by atoms with Crippen molar-refractivity contribution in [3.8, 4) is 23.0 Å². The van der Waals surface area contributed by atoms with Crippen LogP contribution in [0.15, 0.2) is 42.0 Å². The van der Waals surface area contributed by atoms with Crippen molar-refractivity contribution in [3.05, 3.63) is 63.7 Å². The van der Waals surface area contributed by atoms with Crippen molar-refractivity contribution in [1.29, 1.82) is 0 Å². The van der Waals surface area contributed by atoms with Gasteiger partial charge in [-0.3, -0.25) is 14.5 Å². The Hall–Kier alpha value is -4.58. The average molecular weight is 623 g/mol. The Balaban J connectivity index is 1.65. The molecule has 1 atom stereocenters. The Kier molecular flexibility index (Phi) is 9.09. The molecule has 2 aliphatic rings. The molecule has 232 valence electrons. The first-order valence-corrected chi connectivity index (χ1v) is 15.1. The van der Waals surface area contributed by atoms with E-state index in [-0.39, 0.29) is 27.8 Å². The molecule has 1 saturated heterocycles. The second-order valence-corrected chi connectivity index (χ2v) is 11.6. The highest BCUT2D eigenvalue weighted by atomic mass is 32.1. The van der Waals surface area contributed by atoms with Crippen molar-refractivity contribution < 1.29 is 43.2 Å². The Morgan fingerprint density at radius 1 is 1.11 bits per heavy atom. The van der Waals surface area contributed by atoms with Crippen LogP contribution in [0.5, 0.6) is 23.0 Å². The number of hydrogen-bond donors (Lipinski definition) is 1. The first kappa shape index (κ1) is 30.9. The number of anilines is 1. The zero-order valence-corrected chi connectivity index (χ0v) is 26.0. The van der Waals surface area contributed by atoms with Crippen molar-refractivity contribution in [1.82, 2.24) is 4.98 Å². The number of benzene rings is 2. The Bertz CT molecular complexity index is 1630. The summed E-state index contributed by atoms with van der Waals surface area (Å²) in [6, 6.07) is 8.76. The van der Waals surface area contributed by atoms with E-state index in [4.69, 9.17) is 23.7 Å². The molecule has 1 N–H and O–H groups in total. The Labute approximate surface area is 259 Å². The number of aliphatic hydroxyl groups excluding tert-OH is 1. The van der Waals surface area contributed by atoms with Crippen molar-refractivity contribution in [2.24, 2.45) is 5.92 Å². The largest absolute Gasteiger partial charge is 0.507 e. The highest BCUT2D eigenvalue weighted by Crippen LogP contribution is 2.46. The van der Waals surface area contributed by atoms with E-state index in [2.05, 4.69) is 18.8 Å². The number of amides is 1. The smallest absolute Gasteiger partial charge is 0.350 e. The number of esters is 1. The molecule has 12 heteroatoms. The molecule has 3 aromatic rings. The number of fused-ring (bicyclic) bond motifs is 1. The fourth-order valence-corrected chi connectivity index (χ4v) is 5.93. The van der Waals surface area contributed by atoms with Gasteiger partial charge in [0.1, 0.15) is 23.9 Å². The number of Topliss-reactive ketones (excluding diaryl/α,β-unsaturated/α-hetero) is 1. The van der Waals surface area contributed by atoms with Gasteiger partial charge in [-0.05, 0) is 62.1 Å². The van der Waals surface area contributed by atoms with Crippen molar-refractivity contribution in [2.45, 2.75) is 40.2 Å². The van der Waals surface area contributed by atoms with Crippen LogP contribution in [0.3, 0.4) is 0 Å². The molecule has 5 rings (SSSR count). The first-order chi connectivity index (χ1) is 21.1. The molecule has 11 nitrogen and oxygen atoms in total. The summed E-state index contributed by atoms with van der Waals surface area (Å²) in [7, 11) is 1.50. The summed E-state index contributed by atoms with van der Waals surface area (Å²) in [5.74, 6) is -0.558. The number of carbonyl (C=O) groups excluding carboxylic acids is 3. The lowest BCUT2D eigenvalue weighted by atomic mass is 9.95. The Morgan fingerprint density at radius 2 is 1.86 bits per heavy atom. The molecule has 0 radical (unpaired) electrons. The number of rotatable bonds is 10. The van der Waals surface area contributed by atoms with Crippen LogP contribution in [-0.4, -0.2) is 61.3 Å². The Morgan fingerprint density at radius 3 is 2.57 bits per heavy atom. The second kappa shape index (κ2) is 13.0. The van der Waals surface area contributed by atoms with Crippen LogP contribution in [0.2, 0.25) is 0 Å². The molecule has 44 heavy (non-hydrogen) atoms. The summed E-state index contributed by atoms with van der Waals surface area (Å²) in [5.41, 5.74) is 0.914. The minimum absolute atomic E-state index is 0.107. The van der Waals surface area contributed by atoms with Gasteiger partial charge in [-0.25, -0.2) is 9.78 Å².